The van der Waals surface area contributed by atoms with E-state index in [9.17, 15) is 9.59 Å². The Morgan fingerprint density at radius 3 is 1.39 bits per heavy atom. The van der Waals surface area contributed by atoms with Crippen molar-refractivity contribution < 1.29 is 49.1 Å². The topological polar surface area (TPSA) is 117 Å². The fraction of sp³-hybridized carbons (Fsp3) is 0.397. The zero-order valence-electron chi connectivity index (χ0n) is 50.3. The first kappa shape index (κ1) is 62.6. The lowest BCUT2D eigenvalue weighted by Crippen LogP contribution is -2.61. The molecule has 17 heteroatoms. The number of rotatable bonds is 26. The van der Waals surface area contributed by atoms with Crippen LogP contribution in [0.25, 0.3) is 11.1 Å². The second kappa shape index (κ2) is 25.6. The van der Waals surface area contributed by atoms with Gasteiger partial charge in [0.25, 0.3) is 0 Å². The van der Waals surface area contributed by atoms with Gasteiger partial charge < -0.3 is 39.5 Å². The molecule has 0 aromatic heterocycles. The Morgan fingerprint density at radius 1 is 0.475 bits per heavy atom. The van der Waals surface area contributed by atoms with Crippen molar-refractivity contribution in [3.05, 3.63) is 178 Å². The average Bonchev–Trinajstić information content (AvgIpc) is 3.85. The maximum Gasteiger partial charge on any atom is 0.519 e. The van der Waals surface area contributed by atoms with Gasteiger partial charge >= 0.3 is 46.4 Å². The molecule has 0 N–H and O–H groups in total. The van der Waals surface area contributed by atoms with E-state index in [1.807, 2.05) is 74.5 Å². The van der Waals surface area contributed by atoms with Crippen LogP contribution in [-0.4, -0.2) is 70.1 Å². The number of carbonyl (C=O) groups excluding carboxylic acids is 2. The molecule has 80 heavy (non-hydrogen) atoms. The first-order valence-electron chi connectivity index (χ1n) is 28.3. The molecule has 0 fully saturated rings. The number of aryl methyl sites for hydroxylation is 4. The normalized spacial score (nSPS) is 14.8. The third-order valence-electron chi connectivity index (χ3n) is 14.4. The highest BCUT2D eigenvalue weighted by Gasteiger charge is 2.50. The van der Waals surface area contributed by atoms with Crippen LogP contribution in [0.15, 0.2) is 133 Å². The Labute approximate surface area is 483 Å². The fourth-order valence-electron chi connectivity index (χ4n) is 12.0. The lowest BCUT2D eigenvalue weighted by molar-refractivity contribution is -0.131. The molecular formula is C63H86O11Si6. The van der Waals surface area contributed by atoms with E-state index >= 15 is 0 Å². The zero-order chi connectivity index (χ0) is 58.3. The van der Waals surface area contributed by atoms with Crippen molar-refractivity contribution in [2.75, 3.05) is 7.11 Å². The minimum atomic E-state index is -3.01. The number of hydrogen-bond donors (Lipinski definition) is 0. The summed E-state index contributed by atoms with van der Waals surface area (Å²) in [5, 5.41) is 0. The molecule has 0 bridgehead atoms. The van der Waals surface area contributed by atoms with Crippen molar-refractivity contribution in [2.24, 2.45) is 0 Å². The number of hydrogen-bond acceptors (Lipinski definition) is 11. The molecule has 0 saturated heterocycles. The number of carbonyl (C=O) groups is 2. The van der Waals surface area contributed by atoms with E-state index in [0.717, 1.165) is 86.7 Å². The van der Waals surface area contributed by atoms with Crippen LogP contribution in [0.3, 0.4) is 0 Å². The monoisotopic (exact) mass is 1190 g/mol. The number of esters is 1. The Bertz CT molecular complexity index is 3090. The first-order chi connectivity index (χ1) is 37.6. The highest BCUT2D eigenvalue weighted by atomic mass is 28.5. The van der Waals surface area contributed by atoms with Crippen LogP contribution in [0.5, 0.6) is 23.0 Å². The number of ether oxygens (including phenoxy) is 4. The molecule has 1 aliphatic carbocycles. The molecule has 1 aliphatic rings. The van der Waals surface area contributed by atoms with Crippen LogP contribution in [-0.2, 0) is 43.6 Å². The van der Waals surface area contributed by atoms with E-state index < -0.39 is 62.4 Å². The minimum Gasteiger partial charge on any atom is -0.496 e. The Kier molecular flexibility index (Phi) is 20.0. The summed E-state index contributed by atoms with van der Waals surface area (Å²) in [6.45, 7) is 31.7. The average molecular weight is 1190 g/mol. The SMILES string of the molecule is CCC[Si](C)(C)O[Si](C)(C)O[Si](C)(CCCc1ccccc1OC(C)=O)O[Si](C)(C)O[Si](C)(CCCc1ccccc1OC(=O)Oc1cc(C2(c3ccc(C)c(OC)c3)c3ccccc3-c3ccccc32)ccc1C)O[Si](C)(C)C. The highest BCUT2D eigenvalue weighted by Crippen LogP contribution is 2.57. The largest absolute Gasteiger partial charge is 0.519 e. The Hall–Kier alpha value is -5.04. The van der Waals surface area contributed by atoms with E-state index in [1.54, 1.807) is 7.11 Å². The van der Waals surface area contributed by atoms with Crippen molar-refractivity contribution in [1.82, 2.24) is 0 Å². The van der Waals surface area contributed by atoms with Crippen molar-refractivity contribution >= 4 is 63.0 Å². The number of methoxy groups -OCH3 is 1. The van der Waals surface area contributed by atoms with Gasteiger partial charge in [0, 0.05) is 6.92 Å². The van der Waals surface area contributed by atoms with Crippen molar-refractivity contribution in [3.63, 3.8) is 0 Å². The van der Waals surface area contributed by atoms with E-state index in [2.05, 4.69) is 152 Å². The highest BCUT2D eigenvalue weighted by molar-refractivity contribution is 6.91. The molecule has 6 aromatic carbocycles. The van der Waals surface area contributed by atoms with E-state index in [0.29, 0.717) is 42.2 Å². The molecule has 0 saturated carbocycles. The van der Waals surface area contributed by atoms with Crippen LogP contribution in [0.4, 0.5) is 4.79 Å². The van der Waals surface area contributed by atoms with Crippen LogP contribution in [0.1, 0.15) is 77.6 Å². The smallest absolute Gasteiger partial charge is 0.496 e. The summed E-state index contributed by atoms with van der Waals surface area (Å²) in [5.74, 6) is 1.89. The van der Waals surface area contributed by atoms with Crippen LogP contribution in [0.2, 0.25) is 90.1 Å². The number of benzene rings is 6. The molecule has 11 nitrogen and oxygen atoms in total. The third-order valence-corrected chi connectivity index (χ3v) is 38.1. The summed E-state index contributed by atoms with van der Waals surface area (Å²) in [6.07, 6.45) is 3.04. The zero-order valence-corrected chi connectivity index (χ0v) is 56.3. The molecule has 428 valence electrons. The molecule has 0 aliphatic heterocycles. The standard InChI is InChI=1S/C63H86O11Si6/c1-17-42-76(9,10)71-77(11,12)72-80(16,44-27-30-50-28-18-24-36-58(50)67-49(4)64)74-78(13,14)73-79(15,70-75(6,7)8)43-26-31-51-29-19-25-37-59(51)68-62(65)69-61-46-53(41-39-48(61)3)63(52-40-38-47(2)60(45-52)66-5)56-34-22-20-32-54(56)55-33-21-23-35-57(55)63/h18-25,28-29,32-41,45-46H,17,26-27,30-31,42-44H2,1-16H3. The van der Waals surface area contributed by atoms with Crippen LogP contribution >= 0.6 is 0 Å². The molecule has 0 radical (unpaired) electrons. The number of fused-ring (bicyclic) bond motifs is 3. The van der Waals surface area contributed by atoms with Gasteiger partial charge in [0.2, 0.25) is 0 Å². The molecule has 0 amide bonds. The van der Waals surface area contributed by atoms with E-state index in [4.69, 9.17) is 39.5 Å². The van der Waals surface area contributed by atoms with Crippen molar-refractivity contribution in [2.45, 2.75) is 155 Å². The predicted molar refractivity (Wildman–Crippen MR) is 336 cm³/mol. The summed E-state index contributed by atoms with van der Waals surface area (Å²) in [7, 11) is -14.0. The Balaban J connectivity index is 1.09. The maximum atomic E-state index is 14.1. The molecule has 0 spiro atoms. The molecule has 7 rings (SSSR count). The Morgan fingerprint density at radius 2 is 0.900 bits per heavy atom. The number of para-hydroxylation sites is 2. The van der Waals surface area contributed by atoms with Gasteiger partial charge in [-0.1, -0.05) is 123 Å². The second-order valence-corrected chi connectivity index (χ2v) is 47.6. The predicted octanol–water partition coefficient (Wildman–Crippen LogP) is 16.8. The van der Waals surface area contributed by atoms with Crippen molar-refractivity contribution in [3.8, 4) is 34.1 Å². The van der Waals surface area contributed by atoms with Gasteiger partial charge in [0.05, 0.1) is 12.5 Å². The molecule has 6 aromatic rings. The first-order valence-corrected chi connectivity index (χ1v) is 45.5. The van der Waals surface area contributed by atoms with Gasteiger partial charge in [-0.3, -0.25) is 4.79 Å². The molecular weight excluding hydrogens is 1100 g/mol. The lowest BCUT2D eigenvalue weighted by atomic mass is 9.67. The molecule has 2 atom stereocenters. The van der Waals surface area contributed by atoms with Gasteiger partial charge in [0.1, 0.15) is 23.0 Å². The van der Waals surface area contributed by atoms with Crippen LogP contribution in [0, 0.1) is 13.8 Å². The molecule has 0 heterocycles. The van der Waals surface area contributed by atoms with Crippen molar-refractivity contribution in [1.29, 1.82) is 0 Å². The van der Waals surface area contributed by atoms with E-state index in [-0.39, 0.29) is 5.97 Å². The van der Waals surface area contributed by atoms with Gasteiger partial charge in [-0.25, -0.2) is 4.79 Å². The van der Waals surface area contributed by atoms with E-state index in [1.165, 1.54) is 6.92 Å². The fourth-order valence-corrected chi connectivity index (χ4v) is 42.0. The summed E-state index contributed by atoms with van der Waals surface area (Å²) >= 11 is 0. The van der Waals surface area contributed by atoms with Crippen LogP contribution < -0.4 is 18.9 Å². The second-order valence-electron chi connectivity index (χ2n) is 24.2. The van der Waals surface area contributed by atoms with Gasteiger partial charge in [-0.15, -0.1) is 0 Å². The maximum absolute atomic E-state index is 14.1. The third kappa shape index (κ3) is 15.7. The quantitative estimate of drug-likeness (QED) is 0.0223. The summed E-state index contributed by atoms with van der Waals surface area (Å²) in [6, 6.07) is 47.5. The summed E-state index contributed by atoms with van der Waals surface area (Å²) < 4.78 is 60.0. The summed E-state index contributed by atoms with van der Waals surface area (Å²) in [5.41, 5.74) is 9.52. The summed E-state index contributed by atoms with van der Waals surface area (Å²) in [4.78, 5) is 26.1. The lowest BCUT2D eigenvalue weighted by Gasteiger charge is -2.45. The van der Waals surface area contributed by atoms with Gasteiger partial charge in [-0.2, -0.15) is 0 Å². The minimum absolute atomic E-state index is 0.344. The molecule has 2 unspecified atom stereocenters. The van der Waals surface area contributed by atoms with Gasteiger partial charge in [0.15, 0.2) is 16.6 Å². The van der Waals surface area contributed by atoms with Gasteiger partial charge in [-0.05, 0) is 210 Å².